The van der Waals surface area contributed by atoms with Gasteiger partial charge in [-0.2, -0.15) is 0 Å². The highest BCUT2D eigenvalue weighted by atomic mass is 16.5. The Morgan fingerprint density at radius 3 is 2.61 bits per heavy atom. The summed E-state index contributed by atoms with van der Waals surface area (Å²) in [6.45, 7) is 0.348. The van der Waals surface area contributed by atoms with Gasteiger partial charge in [0.1, 0.15) is 12.2 Å². The largest absolute Gasteiger partial charge is 0.469 e. The monoisotopic (exact) mass is 382 g/mol. The van der Waals surface area contributed by atoms with Crippen LogP contribution in [0, 0.1) is 5.92 Å². The Balaban J connectivity index is 1.62. The molecular formula is C20H22N4O4. The molecule has 3 heterocycles. The molecule has 0 N–H and O–H groups in total. The van der Waals surface area contributed by atoms with Crippen molar-refractivity contribution in [2.75, 3.05) is 20.2 Å². The average Bonchev–Trinajstić information content (AvgIpc) is 3.31. The first-order chi connectivity index (χ1) is 13.5. The summed E-state index contributed by atoms with van der Waals surface area (Å²) in [7, 11) is 3.15. The van der Waals surface area contributed by atoms with Crippen molar-refractivity contribution in [3.05, 3.63) is 54.1 Å². The molecule has 1 aromatic carbocycles. The molecule has 2 aliphatic heterocycles. The summed E-state index contributed by atoms with van der Waals surface area (Å²) in [5, 5.41) is 0. The van der Waals surface area contributed by atoms with Crippen molar-refractivity contribution in [3.8, 4) is 0 Å². The van der Waals surface area contributed by atoms with E-state index >= 15 is 0 Å². The number of carbonyl (C=O) groups is 3. The minimum Gasteiger partial charge on any atom is -0.469 e. The number of hydrogen-bond donors (Lipinski definition) is 0. The van der Waals surface area contributed by atoms with Gasteiger partial charge in [0.2, 0.25) is 5.91 Å². The maximum absolute atomic E-state index is 13.0. The van der Waals surface area contributed by atoms with Gasteiger partial charge >= 0.3 is 5.97 Å². The molecule has 0 saturated carbocycles. The number of ether oxygens (including phenoxy) is 1. The van der Waals surface area contributed by atoms with Gasteiger partial charge in [-0.15, -0.1) is 0 Å². The first-order valence-electron chi connectivity index (χ1n) is 9.20. The lowest BCUT2D eigenvalue weighted by molar-refractivity contribution is -0.147. The Morgan fingerprint density at radius 1 is 1.21 bits per heavy atom. The fraction of sp³-hybridized carbons (Fsp3) is 0.400. The molecule has 8 nitrogen and oxygen atoms in total. The molecule has 4 rings (SSSR count). The van der Waals surface area contributed by atoms with E-state index in [1.54, 1.807) is 29.0 Å². The minimum atomic E-state index is -0.453. The highest BCUT2D eigenvalue weighted by molar-refractivity contribution is 5.96. The highest BCUT2D eigenvalue weighted by Gasteiger charge is 2.51. The first-order valence-corrected chi connectivity index (χ1v) is 9.20. The molecule has 2 aromatic rings. The van der Waals surface area contributed by atoms with Crippen molar-refractivity contribution >= 4 is 17.8 Å². The summed E-state index contributed by atoms with van der Waals surface area (Å²) in [6, 6.07) is 8.91. The number of aryl methyl sites for hydroxylation is 1. The van der Waals surface area contributed by atoms with Gasteiger partial charge in [0.05, 0.1) is 31.4 Å². The Kier molecular flexibility index (Phi) is 4.62. The number of hydrogen-bond acceptors (Lipinski definition) is 5. The van der Waals surface area contributed by atoms with Crippen LogP contribution < -0.4 is 0 Å². The van der Waals surface area contributed by atoms with E-state index in [1.807, 2.05) is 30.3 Å². The maximum atomic E-state index is 13.0. The van der Waals surface area contributed by atoms with Gasteiger partial charge in [-0.3, -0.25) is 14.4 Å². The van der Waals surface area contributed by atoms with Crippen molar-refractivity contribution < 1.29 is 19.1 Å². The summed E-state index contributed by atoms with van der Waals surface area (Å²) in [5.41, 5.74) is 1.21. The summed E-state index contributed by atoms with van der Waals surface area (Å²) < 4.78 is 6.70. The van der Waals surface area contributed by atoms with E-state index in [0.29, 0.717) is 18.7 Å². The number of rotatable bonds is 3. The van der Waals surface area contributed by atoms with E-state index in [-0.39, 0.29) is 36.4 Å². The number of amides is 2. The van der Waals surface area contributed by atoms with Gasteiger partial charge in [0.25, 0.3) is 5.91 Å². The summed E-state index contributed by atoms with van der Waals surface area (Å²) in [4.78, 5) is 45.6. The predicted molar refractivity (Wildman–Crippen MR) is 99.1 cm³/mol. The van der Waals surface area contributed by atoms with Gasteiger partial charge in [0.15, 0.2) is 0 Å². The Hall–Kier alpha value is -3.16. The van der Waals surface area contributed by atoms with Gasteiger partial charge in [0, 0.05) is 19.8 Å². The van der Waals surface area contributed by atoms with Crippen LogP contribution in [0.4, 0.5) is 0 Å². The summed E-state index contributed by atoms with van der Waals surface area (Å²) in [5.74, 6) is -1.22. The lowest BCUT2D eigenvalue weighted by atomic mass is 9.93. The van der Waals surface area contributed by atoms with Crippen molar-refractivity contribution in [2.45, 2.75) is 18.5 Å². The predicted octanol–water partition coefficient (Wildman–Crippen LogP) is 1.01. The highest BCUT2D eigenvalue weighted by Crippen LogP contribution is 2.43. The minimum absolute atomic E-state index is 0.0247. The molecule has 2 fully saturated rings. The number of carbonyl (C=O) groups excluding carboxylic acids is 3. The Morgan fingerprint density at radius 2 is 1.96 bits per heavy atom. The van der Waals surface area contributed by atoms with Crippen molar-refractivity contribution in [2.24, 2.45) is 13.0 Å². The van der Waals surface area contributed by atoms with Crippen LogP contribution in [-0.4, -0.2) is 63.4 Å². The number of imidazole rings is 1. The second kappa shape index (κ2) is 7.10. The summed E-state index contributed by atoms with van der Waals surface area (Å²) >= 11 is 0. The van der Waals surface area contributed by atoms with Crippen molar-refractivity contribution in [3.63, 3.8) is 0 Å². The first kappa shape index (κ1) is 18.2. The molecule has 28 heavy (non-hydrogen) atoms. The standard InChI is InChI=1S/C20H22N4O4/c1-22-10-16(21-12-22)19(26)23-9-14-8-15(20(27)28-2)18(24(14)17(25)11-23)13-6-4-3-5-7-13/h3-7,10,12,14-15,18H,8-9,11H2,1-2H3/t14-,15-,18-/m0/s1. The van der Waals surface area contributed by atoms with Gasteiger partial charge in [-0.25, -0.2) is 4.98 Å². The van der Waals surface area contributed by atoms with Crippen LogP contribution in [0.5, 0.6) is 0 Å². The van der Waals surface area contributed by atoms with Gasteiger partial charge < -0.3 is 19.1 Å². The van der Waals surface area contributed by atoms with E-state index in [2.05, 4.69) is 4.98 Å². The topological polar surface area (TPSA) is 84.7 Å². The normalized spacial score (nSPS) is 24.2. The van der Waals surface area contributed by atoms with E-state index < -0.39 is 5.92 Å². The molecular weight excluding hydrogens is 360 g/mol. The van der Waals surface area contributed by atoms with E-state index in [0.717, 1.165) is 5.56 Å². The summed E-state index contributed by atoms with van der Waals surface area (Å²) in [6.07, 6.45) is 3.65. The number of nitrogens with zero attached hydrogens (tertiary/aromatic N) is 4. The zero-order valence-corrected chi connectivity index (χ0v) is 15.8. The van der Waals surface area contributed by atoms with Gasteiger partial charge in [-0.1, -0.05) is 30.3 Å². The lowest BCUT2D eigenvalue weighted by Gasteiger charge is -2.39. The van der Waals surface area contributed by atoms with E-state index in [4.69, 9.17) is 4.74 Å². The average molecular weight is 382 g/mol. The third-order valence-electron chi connectivity index (χ3n) is 5.50. The van der Waals surface area contributed by atoms with Crippen LogP contribution in [0.15, 0.2) is 42.9 Å². The fourth-order valence-electron chi connectivity index (χ4n) is 4.30. The third-order valence-corrected chi connectivity index (χ3v) is 5.50. The van der Waals surface area contributed by atoms with E-state index in [9.17, 15) is 14.4 Å². The molecule has 0 bridgehead atoms. The number of methoxy groups -OCH3 is 1. The number of fused-ring (bicyclic) bond motifs is 1. The molecule has 0 spiro atoms. The number of esters is 1. The van der Waals surface area contributed by atoms with Gasteiger partial charge in [-0.05, 0) is 12.0 Å². The molecule has 0 unspecified atom stereocenters. The molecule has 8 heteroatoms. The van der Waals surface area contributed by atoms with Crippen LogP contribution in [0.3, 0.4) is 0 Å². The van der Waals surface area contributed by atoms with Crippen LogP contribution >= 0.6 is 0 Å². The quantitative estimate of drug-likeness (QED) is 0.740. The zero-order chi connectivity index (χ0) is 19.8. The Labute approximate surface area is 162 Å². The molecule has 3 atom stereocenters. The van der Waals surface area contributed by atoms with Crippen LogP contribution in [-0.2, 0) is 21.4 Å². The number of benzene rings is 1. The smallest absolute Gasteiger partial charge is 0.311 e. The fourth-order valence-corrected chi connectivity index (χ4v) is 4.30. The Bertz CT molecular complexity index is 910. The van der Waals surface area contributed by atoms with E-state index in [1.165, 1.54) is 12.0 Å². The second-order valence-corrected chi connectivity index (χ2v) is 7.29. The van der Waals surface area contributed by atoms with Crippen LogP contribution in [0.25, 0.3) is 0 Å². The molecule has 0 radical (unpaired) electrons. The van der Waals surface area contributed by atoms with Crippen molar-refractivity contribution in [1.29, 1.82) is 0 Å². The second-order valence-electron chi connectivity index (χ2n) is 7.29. The molecule has 146 valence electrons. The molecule has 0 aliphatic carbocycles. The third kappa shape index (κ3) is 3.04. The maximum Gasteiger partial charge on any atom is 0.311 e. The molecule has 2 saturated heterocycles. The van der Waals surface area contributed by atoms with Crippen molar-refractivity contribution in [1.82, 2.24) is 19.4 Å². The number of piperazine rings is 1. The zero-order valence-electron chi connectivity index (χ0n) is 15.8. The van der Waals surface area contributed by atoms with Crippen LogP contribution in [0.2, 0.25) is 0 Å². The molecule has 1 aromatic heterocycles. The lowest BCUT2D eigenvalue weighted by Crippen LogP contribution is -2.56. The SMILES string of the molecule is COC(=O)[C@H]1C[C@H]2CN(C(=O)c3cn(C)cn3)CC(=O)N2[C@H]1c1ccccc1. The molecule has 2 aliphatic rings. The number of aromatic nitrogens is 2. The van der Waals surface area contributed by atoms with Crippen LogP contribution in [0.1, 0.15) is 28.5 Å². The molecule has 2 amide bonds.